The quantitative estimate of drug-likeness (QED) is 0.595. The summed E-state index contributed by atoms with van der Waals surface area (Å²) in [6.07, 6.45) is 7.18. The number of piperidine rings is 1. The van der Waals surface area contributed by atoms with Crippen molar-refractivity contribution in [2.24, 2.45) is 5.92 Å². The standard InChI is InChI=1S/C19H35N3O2.2C2H6/c1-2-18(23)5-3-4-6-19(24)22-13-8-17(9-14-22)7-12-21-15-10-20-11-16-21;2*1-2/h17,20H,2-16H2,1H3;2*1-2H3. The molecule has 2 heterocycles. The fourth-order valence-corrected chi connectivity index (χ4v) is 3.70. The molecule has 0 aromatic heterocycles. The van der Waals surface area contributed by atoms with Crippen molar-refractivity contribution in [2.45, 2.75) is 86.0 Å². The zero-order valence-electron chi connectivity index (χ0n) is 19.4. The summed E-state index contributed by atoms with van der Waals surface area (Å²) < 4.78 is 0. The van der Waals surface area contributed by atoms with E-state index in [2.05, 4.69) is 10.2 Å². The first-order chi connectivity index (χ1) is 13.7. The number of ketones is 1. The lowest BCUT2D eigenvalue weighted by Gasteiger charge is -2.34. The van der Waals surface area contributed by atoms with Gasteiger partial charge in [-0.3, -0.25) is 9.59 Å². The average Bonchev–Trinajstić information content (AvgIpc) is 2.78. The molecule has 2 aliphatic rings. The van der Waals surface area contributed by atoms with E-state index in [-0.39, 0.29) is 0 Å². The molecular formula is C23H47N3O2. The Morgan fingerprint density at radius 1 is 0.893 bits per heavy atom. The second kappa shape index (κ2) is 18.1. The second-order valence-electron chi connectivity index (χ2n) is 7.30. The molecule has 2 fully saturated rings. The molecule has 5 heteroatoms. The second-order valence-corrected chi connectivity index (χ2v) is 7.30. The van der Waals surface area contributed by atoms with Crippen molar-refractivity contribution in [3.63, 3.8) is 0 Å². The highest BCUT2D eigenvalue weighted by Crippen LogP contribution is 2.22. The molecular weight excluding hydrogens is 350 g/mol. The van der Waals surface area contributed by atoms with Crippen molar-refractivity contribution < 1.29 is 9.59 Å². The van der Waals surface area contributed by atoms with Crippen molar-refractivity contribution in [3.8, 4) is 0 Å². The van der Waals surface area contributed by atoms with E-state index in [1.165, 1.54) is 26.1 Å². The third-order valence-corrected chi connectivity index (χ3v) is 5.52. The summed E-state index contributed by atoms with van der Waals surface area (Å²) in [6.45, 7) is 17.6. The maximum atomic E-state index is 12.3. The Morgan fingerprint density at radius 2 is 1.46 bits per heavy atom. The van der Waals surface area contributed by atoms with Gasteiger partial charge in [0, 0.05) is 58.5 Å². The zero-order chi connectivity index (χ0) is 21.2. The summed E-state index contributed by atoms with van der Waals surface area (Å²) in [4.78, 5) is 28.1. The molecule has 0 saturated carbocycles. The monoisotopic (exact) mass is 397 g/mol. The highest BCUT2D eigenvalue weighted by atomic mass is 16.2. The summed E-state index contributed by atoms with van der Waals surface area (Å²) in [6, 6.07) is 0. The predicted molar refractivity (Wildman–Crippen MR) is 120 cm³/mol. The Morgan fingerprint density at radius 3 is 2.04 bits per heavy atom. The minimum atomic E-state index is 0.291. The number of hydrogen-bond acceptors (Lipinski definition) is 4. The van der Waals surface area contributed by atoms with Crippen LogP contribution in [-0.2, 0) is 9.59 Å². The van der Waals surface area contributed by atoms with Crippen molar-refractivity contribution in [2.75, 3.05) is 45.8 Å². The van der Waals surface area contributed by atoms with Crippen molar-refractivity contribution >= 4 is 11.7 Å². The SMILES string of the molecule is CC.CC.CCC(=O)CCCCC(=O)N1CCC(CCN2CCNCC2)CC1. The molecule has 0 aromatic rings. The molecule has 5 nitrogen and oxygen atoms in total. The van der Waals surface area contributed by atoms with Crippen LogP contribution in [0.15, 0.2) is 0 Å². The number of nitrogens with one attached hydrogen (secondary N) is 1. The van der Waals surface area contributed by atoms with Gasteiger partial charge in [-0.15, -0.1) is 0 Å². The van der Waals surface area contributed by atoms with Gasteiger partial charge in [0.05, 0.1) is 0 Å². The fraction of sp³-hybridized carbons (Fsp3) is 0.913. The van der Waals surface area contributed by atoms with Gasteiger partial charge in [0.2, 0.25) is 5.91 Å². The summed E-state index contributed by atoms with van der Waals surface area (Å²) in [5, 5.41) is 3.40. The predicted octanol–water partition coefficient (Wildman–Crippen LogP) is 4.11. The highest BCUT2D eigenvalue weighted by molar-refractivity contribution is 5.78. The van der Waals surface area contributed by atoms with Crippen LogP contribution in [0.1, 0.15) is 86.0 Å². The van der Waals surface area contributed by atoms with E-state index in [1.807, 2.05) is 39.5 Å². The van der Waals surface area contributed by atoms with Crippen LogP contribution in [0.4, 0.5) is 0 Å². The Labute approximate surface area is 174 Å². The first-order valence-electron chi connectivity index (χ1n) is 11.9. The van der Waals surface area contributed by atoms with Gasteiger partial charge >= 0.3 is 0 Å². The van der Waals surface area contributed by atoms with Crippen LogP contribution < -0.4 is 5.32 Å². The topological polar surface area (TPSA) is 52.7 Å². The highest BCUT2D eigenvalue weighted by Gasteiger charge is 2.23. The Hall–Kier alpha value is -0.940. The van der Waals surface area contributed by atoms with Gasteiger partial charge in [-0.05, 0) is 44.6 Å². The zero-order valence-corrected chi connectivity index (χ0v) is 19.4. The van der Waals surface area contributed by atoms with Crippen molar-refractivity contribution in [1.29, 1.82) is 0 Å². The molecule has 2 saturated heterocycles. The Balaban J connectivity index is 0.00000171. The molecule has 0 atom stereocenters. The van der Waals surface area contributed by atoms with E-state index in [1.54, 1.807) is 0 Å². The first kappa shape index (κ1) is 27.1. The van der Waals surface area contributed by atoms with E-state index in [4.69, 9.17) is 0 Å². The molecule has 2 aliphatic heterocycles. The van der Waals surface area contributed by atoms with Crippen LogP contribution in [0.5, 0.6) is 0 Å². The lowest BCUT2D eigenvalue weighted by Crippen LogP contribution is -2.44. The van der Waals surface area contributed by atoms with Gasteiger partial charge in [0.1, 0.15) is 5.78 Å². The minimum absolute atomic E-state index is 0.291. The molecule has 1 amide bonds. The molecule has 0 spiro atoms. The van der Waals surface area contributed by atoms with Gasteiger partial charge in [-0.25, -0.2) is 0 Å². The van der Waals surface area contributed by atoms with E-state index >= 15 is 0 Å². The van der Waals surface area contributed by atoms with Gasteiger partial charge in [-0.2, -0.15) is 0 Å². The van der Waals surface area contributed by atoms with Gasteiger partial charge in [0.25, 0.3) is 0 Å². The number of carbonyl (C=O) groups is 2. The molecule has 1 N–H and O–H groups in total. The summed E-state index contributed by atoms with van der Waals surface area (Å²) in [7, 11) is 0. The molecule has 0 unspecified atom stereocenters. The molecule has 0 aliphatic carbocycles. The van der Waals surface area contributed by atoms with Crippen molar-refractivity contribution in [1.82, 2.24) is 15.1 Å². The number of piperazine rings is 1. The number of amides is 1. The molecule has 0 aromatic carbocycles. The number of unbranched alkanes of at least 4 members (excludes halogenated alkanes) is 1. The largest absolute Gasteiger partial charge is 0.343 e. The summed E-state index contributed by atoms with van der Waals surface area (Å²) in [5.74, 6) is 1.39. The third kappa shape index (κ3) is 11.8. The van der Waals surface area contributed by atoms with Crippen LogP contribution in [0.3, 0.4) is 0 Å². The summed E-state index contributed by atoms with van der Waals surface area (Å²) in [5.41, 5.74) is 0. The fourth-order valence-electron chi connectivity index (χ4n) is 3.70. The number of nitrogens with zero attached hydrogens (tertiary/aromatic N) is 2. The number of rotatable bonds is 9. The average molecular weight is 398 g/mol. The normalized spacial score (nSPS) is 17.8. The Bertz CT molecular complexity index is 387. The molecule has 0 bridgehead atoms. The van der Waals surface area contributed by atoms with Gasteiger partial charge < -0.3 is 15.1 Å². The maximum Gasteiger partial charge on any atom is 0.222 e. The molecule has 166 valence electrons. The molecule has 2 rings (SSSR count). The van der Waals surface area contributed by atoms with Crippen molar-refractivity contribution in [3.05, 3.63) is 0 Å². The Kier molecular flexibility index (Phi) is 17.5. The number of hydrogen-bond donors (Lipinski definition) is 1. The van der Waals surface area contributed by atoms with E-state index in [0.717, 1.165) is 57.8 Å². The van der Waals surface area contributed by atoms with Crippen LogP contribution in [0, 0.1) is 5.92 Å². The molecule has 0 radical (unpaired) electrons. The van der Waals surface area contributed by atoms with Crippen LogP contribution in [0.25, 0.3) is 0 Å². The lowest BCUT2D eigenvalue weighted by atomic mass is 9.93. The van der Waals surface area contributed by atoms with Crippen LogP contribution in [-0.4, -0.2) is 67.3 Å². The summed E-state index contributed by atoms with van der Waals surface area (Å²) >= 11 is 0. The number of carbonyl (C=O) groups excluding carboxylic acids is 2. The van der Waals surface area contributed by atoms with Gasteiger partial charge in [0.15, 0.2) is 0 Å². The smallest absolute Gasteiger partial charge is 0.222 e. The number of likely N-dealkylation sites (tertiary alicyclic amines) is 1. The number of Topliss-reactive ketones (excluding diaryl/α,β-unsaturated/α-hetero) is 1. The maximum absolute atomic E-state index is 12.3. The van der Waals surface area contributed by atoms with E-state index in [0.29, 0.717) is 31.0 Å². The van der Waals surface area contributed by atoms with E-state index < -0.39 is 0 Å². The van der Waals surface area contributed by atoms with Gasteiger partial charge in [-0.1, -0.05) is 34.6 Å². The first-order valence-corrected chi connectivity index (χ1v) is 11.9. The molecule has 28 heavy (non-hydrogen) atoms. The lowest BCUT2D eigenvalue weighted by molar-refractivity contribution is -0.133. The van der Waals surface area contributed by atoms with E-state index in [9.17, 15) is 9.59 Å². The van der Waals surface area contributed by atoms with Crippen LogP contribution in [0.2, 0.25) is 0 Å². The third-order valence-electron chi connectivity index (χ3n) is 5.52. The van der Waals surface area contributed by atoms with Crippen LogP contribution >= 0.6 is 0 Å². The minimum Gasteiger partial charge on any atom is -0.343 e.